The van der Waals surface area contributed by atoms with Gasteiger partial charge in [0.2, 0.25) is 0 Å². The number of ether oxygens (including phenoxy) is 2. The Balaban J connectivity index is 0.000000345. The van der Waals surface area contributed by atoms with Gasteiger partial charge in [-0.15, -0.1) is 0 Å². The van der Waals surface area contributed by atoms with Crippen molar-refractivity contribution in [3.63, 3.8) is 0 Å². The second-order valence-electron chi connectivity index (χ2n) is 9.77. The third kappa shape index (κ3) is 10.0. The fourth-order valence-electron chi connectivity index (χ4n) is 4.37. The molecule has 4 aromatic rings. The van der Waals surface area contributed by atoms with Crippen LogP contribution in [0.1, 0.15) is 30.1 Å². The average molecular weight is 658 g/mol. The van der Waals surface area contributed by atoms with Crippen molar-refractivity contribution in [2.45, 2.75) is 37.7 Å². The summed E-state index contributed by atoms with van der Waals surface area (Å²) >= 11 is 0. The molecule has 1 saturated heterocycles. The molecule has 0 saturated carbocycles. The van der Waals surface area contributed by atoms with Crippen molar-refractivity contribution in [3.8, 4) is 22.6 Å². The van der Waals surface area contributed by atoms with Crippen molar-refractivity contribution in [2.75, 3.05) is 27.3 Å². The summed E-state index contributed by atoms with van der Waals surface area (Å²) < 4.78 is 76.2. The zero-order chi connectivity index (χ0) is 34.1. The molecule has 4 heterocycles. The molecule has 0 amide bonds. The molecule has 0 aliphatic carbocycles. The van der Waals surface area contributed by atoms with Gasteiger partial charge >= 0.3 is 24.3 Å². The number of hydrogen-bond acceptors (Lipinski definition) is 8. The van der Waals surface area contributed by atoms with Crippen molar-refractivity contribution >= 4 is 17.6 Å². The maximum Gasteiger partial charge on any atom is 0.490 e. The molecular formula is C29H29F6N5O6. The molecule has 0 atom stereocenters. The summed E-state index contributed by atoms with van der Waals surface area (Å²) in [6.07, 6.45) is -2.24. The molecule has 1 aromatic carbocycles. The number of piperidine rings is 1. The minimum atomic E-state index is -5.08. The molecule has 17 heteroatoms. The maximum atomic E-state index is 10.6. The maximum absolute atomic E-state index is 10.6. The van der Waals surface area contributed by atoms with Gasteiger partial charge in [-0.3, -0.25) is 9.88 Å². The Morgan fingerprint density at radius 2 is 1.57 bits per heavy atom. The Kier molecular flexibility index (Phi) is 11.9. The SMILES string of the molecule is COc1ccc(-c2ccc3nc(C4CCN(Cc5cccnc5)CC4)nn3c2)c(OC)c1.O=C(O)C(F)(F)F.O=C(O)C(F)(F)F. The summed E-state index contributed by atoms with van der Waals surface area (Å²) in [6, 6.07) is 14.1. The number of carboxylic acids is 2. The topological polar surface area (TPSA) is 139 Å². The molecule has 46 heavy (non-hydrogen) atoms. The van der Waals surface area contributed by atoms with Crippen LogP contribution in [0.2, 0.25) is 0 Å². The molecule has 1 aliphatic rings. The van der Waals surface area contributed by atoms with Gasteiger partial charge in [0.1, 0.15) is 11.5 Å². The number of fused-ring (bicyclic) bond motifs is 1. The summed E-state index contributed by atoms with van der Waals surface area (Å²) in [4.78, 5) is 29.3. The largest absolute Gasteiger partial charge is 0.497 e. The highest BCUT2D eigenvalue weighted by Crippen LogP contribution is 2.34. The predicted octanol–water partition coefficient (Wildman–Crippen LogP) is 5.45. The van der Waals surface area contributed by atoms with E-state index in [2.05, 4.69) is 22.0 Å². The predicted molar refractivity (Wildman–Crippen MR) is 150 cm³/mol. The number of aromatic nitrogens is 4. The number of benzene rings is 1. The number of carboxylic acid groups (broad SMARTS) is 2. The lowest BCUT2D eigenvalue weighted by molar-refractivity contribution is -0.193. The van der Waals surface area contributed by atoms with Crippen LogP contribution in [0.25, 0.3) is 16.8 Å². The van der Waals surface area contributed by atoms with E-state index in [-0.39, 0.29) is 0 Å². The molecule has 2 N–H and O–H groups in total. The van der Waals surface area contributed by atoms with E-state index in [1.807, 2.05) is 53.4 Å². The van der Waals surface area contributed by atoms with Gasteiger partial charge in [0, 0.05) is 48.2 Å². The fraction of sp³-hybridized carbons (Fsp3) is 0.345. The van der Waals surface area contributed by atoms with Crippen LogP contribution >= 0.6 is 0 Å². The number of rotatable bonds is 6. The molecule has 1 fully saturated rings. The molecule has 248 valence electrons. The van der Waals surface area contributed by atoms with Gasteiger partial charge in [0.15, 0.2) is 11.5 Å². The Hall–Kier alpha value is -4.93. The highest BCUT2D eigenvalue weighted by atomic mass is 19.4. The van der Waals surface area contributed by atoms with E-state index in [0.29, 0.717) is 5.92 Å². The minimum Gasteiger partial charge on any atom is -0.497 e. The molecule has 0 spiro atoms. The van der Waals surface area contributed by atoms with Crippen molar-refractivity contribution in [1.29, 1.82) is 0 Å². The zero-order valence-corrected chi connectivity index (χ0v) is 24.4. The number of halogens is 6. The summed E-state index contributed by atoms with van der Waals surface area (Å²) in [7, 11) is 3.33. The molecule has 1 aliphatic heterocycles. The molecule has 0 radical (unpaired) electrons. The molecule has 3 aromatic heterocycles. The number of aliphatic carboxylic acids is 2. The molecular weight excluding hydrogens is 628 g/mol. The van der Waals surface area contributed by atoms with E-state index < -0.39 is 24.3 Å². The summed E-state index contributed by atoms with van der Waals surface area (Å²) in [5.41, 5.74) is 4.16. The number of pyridine rings is 2. The molecule has 0 unspecified atom stereocenters. The number of methoxy groups -OCH3 is 2. The number of alkyl halides is 6. The van der Waals surface area contributed by atoms with Crippen molar-refractivity contribution < 1.29 is 55.6 Å². The minimum absolute atomic E-state index is 0.388. The van der Waals surface area contributed by atoms with E-state index in [1.54, 1.807) is 14.2 Å². The van der Waals surface area contributed by atoms with Gasteiger partial charge in [-0.05, 0) is 61.8 Å². The second-order valence-corrected chi connectivity index (χ2v) is 9.77. The lowest BCUT2D eigenvalue weighted by atomic mass is 9.96. The van der Waals surface area contributed by atoms with Gasteiger partial charge in [-0.2, -0.15) is 31.4 Å². The van der Waals surface area contributed by atoms with Gasteiger partial charge in [-0.25, -0.2) is 19.1 Å². The van der Waals surface area contributed by atoms with Crippen molar-refractivity contribution in [2.24, 2.45) is 0 Å². The number of nitrogens with zero attached hydrogens (tertiary/aromatic N) is 5. The van der Waals surface area contributed by atoms with E-state index in [4.69, 9.17) is 39.4 Å². The number of likely N-dealkylation sites (tertiary alicyclic amines) is 1. The lowest BCUT2D eigenvalue weighted by Gasteiger charge is -2.30. The van der Waals surface area contributed by atoms with Gasteiger partial charge in [-0.1, -0.05) is 6.07 Å². The molecule has 5 rings (SSSR count). The first-order chi connectivity index (χ1) is 21.6. The summed E-state index contributed by atoms with van der Waals surface area (Å²) in [6.45, 7) is 3.04. The third-order valence-corrected chi connectivity index (χ3v) is 6.63. The van der Waals surface area contributed by atoms with E-state index >= 15 is 0 Å². The Morgan fingerprint density at radius 3 is 2.09 bits per heavy atom. The fourth-order valence-corrected chi connectivity index (χ4v) is 4.37. The van der Waals surface area contributed by atoms with Gasteiger partial charge in [0.25, 0.3) is 0 Å². The second kappa shape index (κ2) is 15.4. The van der Waals surface area contributed by atoms with Crippen LogP contribution in [0, 0.1) is 0 Å². The van der Waals surface area contributed by atoms with Gasteiger partial charge < -0.3 is 19.7 Å². The number of hydrogen-bond donors (Lipinski definition) is 2. The van der Waals surface area contributed by atoms with Crippen LogP contribution in [0.3, 0.4) is 0 Å². The highest BCUT2D eigenvalue weighted by molar-refractivity contribution is 5.73. The first-order valence-corrected chi connectivity index (χ1v) is 13.4. The van der Waals surface area contributed by atoms with E-state index in [1.165, 1.54) is 5.56 Å². The number of carbonyl (C=O) groups is 2. The smallest absolute Gasteiger partial charge is 0.490 e. The quantitative estimate of drug-likeness (QED) is 0.257. The van der Waals surface area contributed by atoms with Crippen LogP contribution in [0.5, 0.6) is 11.5 Å². The molecule has 11 nitrogen and oxygen atoms in total. The van der Waals surface area contributed by atoms with E-state index in [9.17, 15) is 26.3 Å². The average Bonchev–Trinajstić information content (AvgIpc) is 3.45. The highest BCUT2D eigenvalue weighted by Gasteiger charge is 2.38. The zero-order valence-electron chi connectivity index (χ0n) is 24.4. The normalized spacial score (nSPS) is 14.0. The van der Waals surface area contributed by atoms with E-state index in [0.717, 1.165) is 66.6 Å². The summed E-state index contributed by atoms with van der Waals surface area (Å²) in [5.74, 6) is -2.65. The standard InChI is InChI=1S/C25H27N5O2.2C2HF3O2/c1-31-21-6-7-22(23(14-21)32-2)20-5-8-24-27-25(28-30(24)17-20)19-9-12-29(13-10-19)16-18-4-3-11-26-15-18;2*3-2(4,5)1(6)7/h3-8,11,14-15,17,19H,9-10,12-13,16H2,1-2H3;2*(H,6,7). The lowest BCUT2D eigenvalue weighted by Crippen LogP contribution is -2.32. The Labute approximate surface area is 258 Å². The van der Waals surface area contributed by atoms with Crippen LogP contribution in [-0.2, 0) is 16.1 Å². The third-order valence-electron chi connectivity index (χ3n) is 6.63. The molecule has 0 bridgehead atoms. The van der Waals surface area contributed by atoms with Crippen LogP contribution < -0.4 is 9.47 Å². The Morgan fingerprint density at radius 1 is 0.935 bits per heavy atom. The monoisotopic (exact) mass is 657 g/mol. The first kappa shape index (κ1) is 35.5. The van der Waals surface area contributed by atoms with Crippen LogP contribution in [-0.4, -0.2) is 86.3 Å². The van der Waals surface area contributed by atoms with Gasteiger partial charge in [0.05, 0.1) is 14.2 Å². The van der Waals surface area contributed by atoms with Crippen LogP contribution in [0.4, 0.5) is 26.3 Å². The first-order valence-electron chi connectivity index (χ1n) is 13.4. The van der Waals surface area contributed by atoms with Crippen molar-refractivity contribution in [3.05, 3.63) is 72.4 Å². The van der Waals surface area contributed by atoms with Crippen molar-refractivity contribution in [1.82, 2.24) is 24.5 Å². The van der Waals surface area contributed by atoms with Crippen LogP contribution in [0.15, 0.2) is 61.1 Å². The summed E-state index contributed by atoms with van der Waals surface area (Å²) in [5, 5.41) is 19.1. The Bertz CT molecular complexity index is 1580.